The molecule has 0 aliphatic rings. The summed E-state index contributed by atoms with van der Waals surface area (Å²) in [6.07, 6.45) is 2.30. The Bertz CT molecular complexity index is 1280. The van der Waals surface area contributed by atoms with Crippen molar-refractivity contribution in [2.75, 3.05) is 11.1 Å². The van der Waals surface area contributed by atoms with Crippen LogP contribution in [0.1, 0.15) is 42.5 Å². The Balaban J connectivity index is 1.75. The Kier molecular flexibility index (Phi) is 9.81. The van der Waals surface area contributed by atoms with Crippen molar-refractivity contribution in [1.29, 1.82) is 0 Å². The summed E-state index contributed by atoms with van der Waals surface area (Å²) in [6.45, 7) is 8.28. The number of thioether (sulfide) groups is 1. The number of carbonyl (C=O) groups is 2. The SMILES string of the molecule is C=CCn1c(SCC(=O)Nc2ccc([N+](=O)[O-])cc2)nnc1[C@@H](CC(C)C)NC(=O)c1ccccc1Cl. The zero-order valence-electron chi connectivity index (χ0n) is 20.4. The summed E-state index contributed by atoms with van der Waals surface area (Å²) < 4.78 is 1.82. The number of non-ortho nitro benzene ring substituents is 1. The molecule has 194 valence electrons. The normalized spacial score (nSPS) is 11.7. The minimum Gasteiger partial charge on any atom is -0.342 e. The summed E-state index contributed by atoms with van der Waals surface area (Å²) in [5, 5.41) is 26.0. The van der Waals surface area contributed by atoms with Gasteiger partial charge in [-0.15, -0.1) is 16.8 Å². The standard InChI is InChI=1S/C25H27ClN6O4S/c1-4-13-31-23(21(14-16(2)3)28-24(34)19-7-5-6-8-20(19)26)29-30-25(31)37-15-22(33)27-17-9-11-18(12-10-17)32(35)36/h4-12,16,21H,1,13-15H2,2-3H3,(H,27,33)(H,28,34)/t21-/m1/s1. The van der Waals surface area contributed by atoms with Gasteiger partial charge in [-0.1, -0.05) is 55.4 Å². The zero-order chi connectivity index (χ0) is 26.9. The third kappa shape index (κ3) is 7.64. The van der Waals surface area contributed by atoms with Gasteiger partial charge in [0, 0.05) is 24.4 Å². The van der Waals surface area contributed by atoms with Gasteiger partial charge in [-0.2, -0.15) is 0 Å². The molecule has 0 radical (unpaired) electrons. The number of rotatable bonds is 12. The molecule has 37 heavy (non-hydrogen) atoms. The Hall–Kier alpha value is -3.70. The lowest BCUT2D eigenvalue weighted by atomic mass is 10.0. The smallest absolute Gasteiger partial charge is 0.269 e. The average Bonchev–Trinajstić information content (AvgIpc) is 3.25. The number of hydrogen-bond donors (Lipinski definition) is 2. The quantitative estimate of drug-likeness (QED) is 0.138. The van der Waals surface area contributed by atoms with Crippen molar-refractivity contribution >= 4 is 46.6 Å². The van der Waals surface area contributed by atoms with Crippen molar-refractivity contribution in [2.45, 2.75) is 38.0 Å². The third-order valence-electron chi connectivity index (χ3n) is 5.19. The van der Waals surface area contributed by atoms with Crippen molar-refractivity contribution in [2.24, 2.45) is 5.92 Å². The average molecular weight is 543 g/mol. The van der Waals surface area contributed by atoms with E-state index in [1.165, 1.54) is 36.0 Å². The van der Waals surface area contributed by atoms with Crippen molar-refractivity contribution in [3.63, 3.8) is 0 Å². The monoisotopic (exact) mass is 542 g/mol. The first-order valence-corrected chi connectivity index (χ1v) is 12.8. The fourth-order valence-electron chi connectivity index (χ4n) is 3.54. The van der Waals surface area contributed by atoms with Crippen LogP contribution < -0.4 is 10.6 Å². The fourth-order valence-corrected chi connectivity index (χ4v) is 4.52. The van der Waals surface area contributed by atoms with Crippen molar-refractivity contribution in [3.8, 4) is 0 Å². The van der Waals surface area contributed by atoms with E-state index in [2.05, 4.69) is 27.4 Å². The number of carbonyl (C=O) groups excluding carboxylic acids is 2. The molecule has 2 aromatic carbocycles. The summed E-state index contributed by atoms with van der Waals surface area (Å²) in [5.74, 6) is 0.203. The first-order valence-electron chi connectivity index (χ1n) is 11.5. The minimum absolute atomic E-state index is 0.0348. The number of halogens is 1. The van der Waals surface area contributed by atoms with Crippen molar-refractivity contribution in [1.82, 2.24) is 20.1 Å². The van der Waals surface area contributed by atoms with Crippen LogP contribution in [-0.2, 0) is 11.3 Å². The Morgan fingerprint density at radius 1 is 1.19 bits per heavy atom. The van der Waals surface area contributed by atoms with Crippen LogP contribution in [0.2, 0.25) is 5.02 Å². The van der Waals surface area contributed by atoms with Crippen molar-refractivity contribution in [3.05, 3.63) is 87.7 Å². The van der Waals surface area contributed by atoms with E-state index in [1.54, 1.807) is 30.3 Å². The van der Waals surface area contributed by atoms with Crippen LogP contribution in [-0.4, -0.2) is 37.3 Å². The molecule has 0 aliphatic heterocycles. The van der Waals surface area contributed by atoms with E-state index in [4.69, 9.17) is 11.6 Å². The van der Waals surface area contributed by atoms with E-state index in [9.17, 15) is 19.7 Å². The Labute approximate surface area is 223 Å². The van der Waals surface area contributed by atoms with E-state index in [0.717, 1.165) is 0 Å². The molecule has 0 unspecified atom stereocenters. The second kappa shape index (κ2) is 13.0. The number of aromatic nitrogens is 3. The highest BCUT2D eigenvalue weighted by molar-refractivity contribution is 7.99. The number of anilines is 1. The summed E-state index contributed by atoms with van der Waals surface area (Å²) in [7, 11) is 0. The molecule has 1 heterocycles. The topological polar surface area (TPSA) is 132 Å². The van der Waals surface area contributed by atoms with Crippen LogP contribution in [0.5, 0.6) is 0 Å². The number of nitrogens with zero attached hydrogens (tertiary/aromatic N) is 4. The first kappa shape index (κ1) is 27.9. The van der Waals surface area contributed by atoms with Crippen LogP contribution >= 0.6 is 23.4 Å². The molecular formula is C25H27ClN6O4S. The molecule has 1 atom stereocenters. The third-order valence-corrected chi connectivity index (χ3v) is 6.49. The number of benzene rings is 2. The van der Waals surface area contributed by atoms with Gasteiger partial charge >= 0.3 is 0 Å². The molecule has 0 fully saturated rings. The van der Waals surface area contributed by atoms with Crippen LogP contribution in [0, 0.1) is 16.0 Å². The lowest BCUT2D eigenvalue weighted by Crippen LogP contribution is -2.32. The van der Waals surface area contributed by atoms with Gasteiger partial charge in [-0.25, -0.2) is 0 Å². The second-order valence-electron chi connectivity index (χ2n) is 8.52. The predicted molar refractivity (Wildman–Crippen MR) is 144 cm³/mol. The van der Waals surface area contributed by atoms with Crippen LogP contribution in [0.25, 0.3) is 0 Å². The fraction of sp³-hybridized carbons (Fsp3) is 0.280. The van der Waals surface area contributed by atoms with Gasteiger partial charge in [0.05, 0.1) is 27.3 Å². The molecule has 3 rings (SSSR count). The summed E-state index contributed by atoms with van der Waals surface area (Å²) in [4.78, 5) is 35.8. The molecular weight excluding hydrogens is 516 g/mol. The maximum absolute atomic E-state index is 13.0. The van der Waals surface area contributed by atoms with E-state index < -0.39 is 11.0 Å². The van der Waals surface area contributed by atoms with Gasteiger partial charge in [-0.05, 0) is 36.6 Å². The molecule has 3 aromatic rings. The summed E-state index contributed by atoms with van der Waals surface area (Å²) in [5.41, 5.74) is 0.754. The Morgan fingerprint density at radius 3 is 2.51 bits per heavy atom. The van der Waals surface area contributed by atoms with E-state index in [1.807, 2.05) is 18.4 Å². The lowest BCUT2D eigenvalue weighted by molar-refractivity contribution is -0.384. The highest BCUT2D eigenvalue weighted by atomic mass is 35.5. The van der Waals surface area contributed by atoms with Crippen molar-refractivity contribution < 1.29 is 14.5 Å². The molecule has 0 saturated carbocycles. The van der Waals surface area contributed by atoms with Gasteiger partial charge in [0.25, 0.3) is 11.6 Å². The maximum Gasteiger partial charge on any atom is 0.269 e. The number of nitro groups is 1. The van der Waals surface area contributed by atoms with Gasteiger partial charge in [0.2, 0.25) is 5.91 Å². The van der Waals surface area contributed by atoms with Crippen LogP contribution in [0.3, 0.4) is 0 Å². The second-order valence-corrected chi connectivity index (χ2v) is 9.87. The molecule has 2 N–H and O–H groups in total. The van der Waals surface area contributed by atoms with Gasteiger partial charge in [-0.3, -0.25) is 19.7 Å². The van der Waals surface area contributed by atoms with E-state index in [0.29, 0.717) is 40.2 Å². The number of amides is 2. The number of nitrogens with one attached hydrogen (secondary N) is 2. The number of hydrogen-bond acceptors (Lipinski definition) is 7. The molecule has 0 saturated heterocycles. The van der Waals surface area contributed by atoms with Gasteiger partial charge in [0.15, 0.2) is 11.0 Å². The molecule has 1 aromatic heterocycles. The maximum atomic E-state index is 13.0. The summed E-state index contributed by atoms with van der Waals surface area (Å²) in [6, 6.07) is 12.0. The molecule has 0 spiro atoms. The Morgan fingerprint density at radius 2 is 1.89 bits per heavy atom. The predicted octanol–water partition coefficient (Wildman–Crippen LogP) is 5.27. The molecule has 12 heteroatoms. The van der Waals surface area contributed by atoms with Crippen LogP contribution in [0.4, 0.5) is 11.4 Å². The van der Waals surface area contributed by atoms with Crippen LogP contribution in [0.15, 0.2) is 66.3 Å². The van der Waals surface area contributed by atoms with E-state index in [-0.39, 0.29) is 29.2 Å². The first-order chi connectivity index (χ1) is 17.7. The molecule has 2 amide bonds. The largest absolute Gasteiger partial charge is 0.342 e. The highest BCUT2D eigenvalue weighted by Gasteiger charge is 2.25. The highest BCUT2D eigenvalue weighted by Crippen LogP contribution is 2.26. The number of nitro benzene ring substituents is 1. The molecule has 0 aliphatic carbocycles. The zero-order valence-corrected chi connectivity index (χ0v) is 22.0. The molecule has 0 bridgehead atoms. The minimum atomic E-state index is -0.505. The van der Waals surface area contributed by atoms with E-state index >= 15 is 0 Å². The van der Waals surface area contributed by atoms with Gasteiger partial charge in [0.1, 0.15) is 0 Å². The molecule has 10 nitrogen and oxygen atoms in total. The summed E-state index contributed by atoms with van der Waals surface area (Å²) >= 11 is 7.40. The van der Waals surface area contributed by atoms with Gasteiger partial charge < -0.3 is 15.2 Å². The number of allylic oxidation sites excluding steroid dienone is 1. The lowest BCUT2D eigenvalue weighted by Gasteiger charge is -2.21.